The van der Waals surface area contributed by atoms with Crippen LogP contribution in [0.2, 0.25) is 0 Å². The molecule has 0 aromatic heterocycles. The van der Waals surface area contributed by atoms with E-state index in [9.17, 15) is 9.59 Å². The predicted molar refractivity (Wildman–Crippen MR) is 83.1 cm³/mol. The monoisotopic (exact) mass is 298 g/mol. The molecule has 1 saturated heterocycles. The molecule has 5 heteroatoms. The van der Waals surface area contributed by atoms with Gasteiger partial charge < -0.3 is 14.9 Å². The number of carboxylic acids is 1. The molecule has 0 bridgehead atoms. The SMILES string of the molecule is CC(CC(=O)O)CC(=O)N1CCC(CN(C)C(C)C)CC1. The molecule has 1 amide bonds. The highest BCUT2D eigenvalue weighted by molar-refractivity contribution is 5.77. The number of piperidine rings is 1. The van der Waals surface area contributed by atoms with E-state index in [1.807, 2.05) is 11.8 Å². The van der Waals surface area contributed by atoms with E-state index in [1.54, 1.807) is 0 Å². The molecule has 1 heterocycles. The summed E-state index contributed by atoms with van der Waals surface area (Å²) >= 11 is 0. The van der Waals surface area contributed by atoms with Crippen LogP contribution < -0.4 is 0 Å². The van der Waals surface area contributed by atoms with Crippen molar-refractivity contribution < 1.29 is 14.7 Å². The Morgan fingerprint density at radius 2 is 1.76 bits per heavy atom. The van der Waals surface area contributed by atoms with Crippen molar-refractivity contribution >= 4 is 11.9 Å². The van der Waals surface area contributed by atoms with Crippen LogP contribution in [0.3, 0.4) is 0 Å². The standard InChI is InChI=1S/C16H30N2O3/c1-12(2)17(4)11-14-5-7-18(8-6-14)15(19)9-13(3)10-16(20)21/h12-14H,5-11H2,1-4H3,(H,20,21). The van der Waals surface area contributed by atoms with Crippen LogP contribution in [-0.4, -0.2) is 59.5 Å². The van der Waals surface area contributed by atoms with Gasteiger partial charge in [0.15, 0.2) is 0 Å². The molecular formula is C16H30N2O3. The molecule has 0 aromatic carbocycles. The summed E-state index contributed by atoms with van der Waals surface area (Å²) in [4.78, 5) is 27.1. The van der Waals surface area contributed by atoms with E-state index >= 15 is 0 Å². The van der Waals surface area contributed by atoms with Gasteiger partial charge in [-0.1, -0.05) is 6.92 Å². The van der Waals surface area contributed by atoms with Crippen molar-refractivity contribution in [1.82, 2.24) is 9.80 Å². The number of aliphatic carboxylic acids is 1. The second-order valence-corrected chi connectivity index (χ2v) is 6.76. The molecule has 1 fully saturated rings. The summed E-state index contributed by atoms with van der Waals surface area (Å²) in [6.45, 7) is 8.95. The highest BCUT2D eigenvalue weighted by Gasteiger charge is 2.25. The van der Waals surface area contributed by atoms with Crippen LogP contribution in [0.25, 0.3) is 0 Å². The lowest BCUT2D eigenvalue weighted by atomic mass is 9.95. The van der Waals surface area contributed by atoms with Gasteiger partial charge in [-0.05, 0) is 45.6 Å². The number of carboxylic acid groups (broad SMARTS) is 1. The Hall–Kier alpha value is -1.10. The van der Waals surface area contributed by atoms with Gasteiger partial charge in [0, 0.05) is 38.5 Å². The second kappa shape index (κ2) is 8.37. The van der Waals surface area contributed by atoms with E-state index in [4.69, 9.17) is 5.11 Å². The van der Waals surface area contributed by atoms with Gasteiger partial charge in [-0.25, -0.2) is 0 Å². The molecule has 1 aliphatic rings. The first-order valence-corrected chi connectivity index (χ1v) is 7.99. The van der Waals surface area contributed by atoms with E-state index < -0.39 is 5.97 Å². The average Bonchev–Trinajstić information content (AvgIpc) is 2.38. The fourth-order valence-corrected chi connectivity index (χ4v) is 2.78. The summed E-state index contributed by atoms with van der Waals surface area (Å²) in [5.41, 5.74) is 0. The zero-order valence-electron chi connectivity index (χ0n) is 13.8. The minimum Gasteiger partial charge on any atom is -0.481 e. The molecule has 122 valence electrons. The maximum absolute atomic E-state index is 12.1. The van der Waals surface area contributed by atoms with Gasteiger partial charge in [0.25, 0.3) is 0 Å². The number of carbonyl (C=O) groups excluding carboxylic acids is 1. The first-order chi connectivity index (χ1) is 9.79. The van der Waals surface area contributed by atoms with Crippen molar-refractivity contribution in [3.8, 4) is 0 Å². The van der Waals surface area contributed by atoms with Gasteiger partial charge in [0.05, 0.1) is 0 Å². The molecule has 0 aromatic rings. The molecule has 1 aliphatic heterocycles. The summed E-state index contributed by atoms with van der Waals surface area (Å²) in [5, 5.41) is 8.74. The largest absolute Gasteiger partial charge is 0.481 e. The minimum absolute atomic E-state index is 0.0708. The van der Waals surface area contributed by atoms with Crippen LogP contribution in [0.1, 0.15) is 46.5 Å². The van der Waals surface area contributed by atoms with E-state index in [2.05, 4.69) is 25.8 Å². The highest BCUT2D eigenvalue weighted by atomic mass is 16.4. The van der Waals surface area contributed by atoms with Gasteiger partial charge in [0.1, 0.15) is 0 Å². The number of amides is 1. The van der Waals surface area contributed by atoms with E-state index in [0.717, 1.165) is 32.5 Å². The quantitative estimate of drug-likeness (QED) is 0.781. The molecule has 0 radical (unpaired) electrons. The summed E-state index contributed by atoms with van der Waals surface area (Å²) in [5.74, 6) is -0.136. The maximum atomic E-state index is 12.1. The Labute approximate surface area is 128 Å². The van der Waals surface area contributed by atoms with Gasteiger partial charge in [-0.2, -0.15) is 0 Å². The molecule has 1 unspecified atom stereocenters. The summed E-state index contributed by atoms with van der Waals surface area (Å²) in [7, 11) is 2.15. The third-order valence-corrected chi connectivity index (χ3v) is 4.44. The van der Waals surface area contributed by atoms with Crippen LogP contribution in [-0.2, 0) is 9.59 Å². The highest BCUT2D eigenvalue weighted by Crippen LogP contribution is 2.20. The van der Waals surface area contributed by atoms with Gasteiger partial charge in [0.2, 0.25) is 5.91 Å². The molecule has 1 rings (SSSR count). The van der Waals surface area contributed by atoms with E-state index in [1.165, 1.54) is 0 Å². The van der Waals surface area contributed by atoms with Crippen molar-refractivity contribution in [1.29, 1.82) is 0 Å². The third-order valence-electron chi connectivity index (χ3n) is 4.44. The first kappa shape index (κ1) is 18.0. The Kier molecular flexibility index (Phi) is 7.15. The Balaban J connectivity index is 2.32. The predicted octanol–water partition coefficient (Wildman–Crippen LogP) is 2.07. The smallest absolute Gasteiger partial charge is 0.303 e. The van der Waals surface area contributed by atoms with Crippen molar-refractivity contribution in [3.05, 3.63) is 0 Å². The Morgan fingerprint density at radius 3 is 2.24 bits per heavy atom. The van der Waals surface area contributed by atoms with Crippen molar-refractivity contribution in [2.75, 3.05) is 26.7 Å². The number of carbonyl (C=O) groups is 2. The zero-order valence-corrected chi connectivity index (χ0v) is 13.8. The lowest BCUT2D eigenvalue weighted by molar-refractivity contribution is -0.138. The molecule has 1 atom stereocenters. The lowest BCUT2D eigenvalue weighted by Gasteiger charge is -2.35. The molecule has 5 nitrogen and oxygen atoms in total. The van der Waals surface area contributed by atoms with Crippen LogP contribution in [0, 0.1) is 11.8 Å². The van der Waals surface area contributed by atoms with Crippen molar-refractivity contribution in [2.45, 2.75) is 52.5 Å². The fourth-order valence-electron chi connectivity index (χ4n) is 2.78. The normalized spacial score (nSPS) is 18.3. The van der Waals surface area contributed by atoms with Crippen molar-refractivity contribution in [2.24, 2.45) is 11.8 Å². The van der Waals surface area contributed by atoms with Gasteiger partial charge in [-0.15, -0.1) is 0 Å². The number of rotatable bonds is 7. The van der Waals surface area contributed by atoms with Crippen LogP contribution in [0.15, 0.2) is 0 Å². The number of hydrogen-bond acceptors (Lipinski definition) is 3. The molecule has 0 aliphatic carbocycles. The first-order valence-electron chi connectivity index (χ1n) is 7.99. The van der Waals surface area contributed by atoms with Crippen LogP contribution in [0.5, 0.6) is 0 Å². The number of nitrogens with zero attached hydrogens (tertiary/aromatic N) is 2. The molecule has 0 spiro atoms. The fraction of sp³-hybridized carbons (Fsp3) is 0.875. The van der Waals surface area contributed by atoms with E-state index in [-0.39, 0.29) is 18.2 Å². The number of likely N-dealkylation sites (tertiary alicyclic amines) is 1. The van der Waals surface area contributed by atoms with Gasteiger partial charge in [-0.3, -0.25) is 9.59 Å². The third kappa shape index (κ3) is 6.46. The molecule has 1 N–H and O–H groups in total. The number of hydrogen-bond donors (Lipinski definition) is 1. The maximum Gasteiger partial charge on any atom is 0.303 e. The summed E-state index contributed by atoms with van der Waals surface area (Å²) < 4.78 is 0. The molecule has 21 heavy (non-hydrogen) atoms. The minimum atomic E-state index is -0.828. The van der Waals surface area contributed by atoms with Crippen LogP contribution >= 0.6 is 0 Å². The topological polar surface area (TPSA) is 60.9 Å². The Bertz CT molecular complexity index is 349. The Morgan fingerprint density at radius 1 is 1.19 bits per heavy atom. The summed E-state index contributed by atoms with van der Waals surface area (Å²) in [6.07, 6.45) is 2.52. The van der Waals surface area contributed by atoms with Crippen LogP contribution in [0.4, 0.5) is 0 Å². The van der Waals surface area contributed by atoms with Gasteiger partial charge >= 0.3 is 5.97 Å². The molecule has 0 saturated carbocycles. The molecular weight excluding hydrogens is 268 g/mol. The lowest BCUT2D eigenvalue weighted by Crippen LogP contribution is -2.42. The zero-order chi connectivity index (χ0) is 16.0. The van der Waals surface area contributed by atoms with E-state index in [0.29, 0.717) is 18.4 Å². The second-order valence-electron chi connectivity index (χ2n) is 6.76. The average molecular weight is 298 g/mol. The van der Waals surface area contributed by atoms with Crippen molar-refractivity contribution in [3.63, 3.8) is 0 Å². The summed E-state index contributed by atoms with van der Waals surface area (Å²) in [6, 6.07) is 0.557.